The predicted octanol–water partition coefficient (Wildman–Crippen LogP) is 3.09. The van der Waals surface area contributed by atoms with E-state index in [4.69, 9.17) is 9.47 Å². The molecule has 1 aliphatic carbocycles. The van der Waals surface area contributed by atoms with Gasteiger partial charge in [-0.25, -0.2) is 4.79 Å². The number of ether oxygens (including phenoxy) is 2. The number of cyclic esters (lactones) is 1. The fourth-order valence-electron chi connectivity index (χ4n) is 3.25. The Morgan fingerprint density at radius 2 is 2.00 bits per heavy atom. The van der Waals surface area contributed by atoms with Gasteiger partial charge in [0.05, 0.1) is 0 Å². The average Bonchev–Trinajstić information content (AvgIpc) is 2.66. The van der Waals surface area contributed by atoms with Crippen LogP contribution in [0.4, 0.5) is 0 Å². The summed E-state index contributed by atoms with van der Waals surface area (Å²) in [5, 5.41) is 0. The molecule has 0 aromatic carbocycles. The normalized spacial score (nSPS) is 27.9. The molecule has 114 valence electrons. The van der Waals surface area contributed by atoms with Crippen LogP contribution in [-0.2, 0) is 19.1 Å². The Balaban J connectivity index is 1.84. The first kappa shape index (κ1) is 15.3. The van der Waals surface area contributed by atoms with Crippen LogP contribution in [-0.4, -0.2) is 24.6 Å². The van der Waals surface area contributed by atoms with Gasteiger partial charge in [-0.3, -0.25) is 4.79 Å². The zero-order valence-corrected chi connectivity index (χ0v) is 12.8. The molecule has 0 aromatic heterocycles. The Morgan fingerprint density at radius 3 is 2.55 bits per heavy atom. The molecule has 20 heavy (non-hydrogen) atoms. The Labute approximate surface area is 121 Å². The summed E-state index contributed by atoms with van der Waals surface area (Å²) < 4.78 is 10.4. The third-order valence-electron chi connectivity index (χ3n) is 4.70. The maximum absolute atomic E-state index is 12.1. The predicted molar refractivity (Wildman–Crippen MR) is 75.0 cm³/mol. The lowest BCUT2D eigenvalue weighted by Gasteiger charge is -2.28. The van der Waals surface area contributed by atoms with E-state index in [-0.39, 0.29) is 5.97 Å². The molecule has 4 heteroatoms. The maximum atomic E-state index is 12.1. The first-order chi connectivity index (χ1) is 9.40. The van der Waals surface area contributed by atoms with E-state index in [2.05, 4.69) is 6.92 Å². The van der Waals surface area contributed by atoms with Crippen molar-refractivity contribution in [3.63, 3.8) is 0 Å². The molecule has 1 heterocycles. The molecule has 1 aliphatic heterocycles. The lowest BCUT2D eigenvalue weighted by Crippen LogP contribution is -2.35. The highest BCUT2D eigenvalue weighted by Gasteiger charge is 2.46. The van der Waals surface area contributed by atoms with Crippen LogP contribution in [0, 0.1) is 17.3 Å². The van der Waals surface area contributed by atoms with Crippen molar-refractivity contribution in [3.8, 4) is 0 Å². The van der Waals surface area contributed by atoms with Gasteiger partial charge in [0.2, 0.25) is 6.10 Å². The van der Waals surface area contributed by atoms with Crippen molar-refractivity contribution in [2.45, 2.75) is 65.4 Å². The highest BCUT2D eigenvalue weighted by molar-refractivity contribution is 5.81. The molecule has 0 amide bonds. The fraction of sp³-hybridized carbons (Fsp3) is 0.875. The molecule has 2 aliphatic rings. The summed E-state index contributed by atoms with van der Waals surface area (Å²) in [5.41, 5.74) is -0.416. The van der Waals surface area contributed by atoms with Crippen LogP contribution < -0.4 is 0 Å². The van der Waals surface area contributed by atoms with E-state index in [0.29, 0.717) is 24.9 Å². The van der Waals surface area contributed by atoms with Crippen LogP contribution in [0.2, 0.25) is 0 Å². The van der Waals surface area contributed by atoms with Crippen molar-refractivity contribution >= 4 is 11.9 Å². The second kappa shape index (κ2) is 6.15. The van der Waals surface area contributed by atoms with Gasteiger partial charge in [-0.15, -0.1) is 0 Å². The summed E-state index contributed by atoms with van der Waals surface area (Å²) in [6.45, 7) is 6.22. The quantitative estimate of drug-likeness (QED) is 0.744. The molecule has 0 unspecified atom stereocenters. The molecule has 4 nitrogen and oxygen atoms in total. The standard InChI is InChI=1S/C16H26O4/c1-11(12-7-5-4-6-8-12)9-13(17)20-14-15(18)19-10-16(14,2)3/h11-12,14H,4-10H2,1-3H3/t11-,14+/m1/s1. The van der Waals surface area contributed by atoms with Gasteiger partial charge < -0.3 is 9.47 Å². The fourth-order valence-corrected chi connectivity index (χ4v) is 3.25. The zero-order valence-electron chi connectivity index (χ0n) is 12.8. The van der Waals surface area contributed by atoms with Gasteiger partial charge in [0.1, 0.15) is 6.61 Å². The van der Waals surface area contributed by atoms with E-state index in [9.17, 15) is 9.59 Å². The Bertz CT molecular complexity index is 369. The van der Waals surface area contributed by atoms with Gasteiger partial charge in [-0.1, -0.05) is 52.9 Å². The highest BCUT2D eigenvalue weighted by Crippen LogP contribution is 2.34. The minimum absolute atomic E-state index is 0.264. The van der Waals surface area contributed by atoms with Gasteiger partial charge in [0, 0.05) is 11.8 Å². The zero-order chi connectivity index (χ0) is 14.8. The van der Waals surface area contributed by atoms with Gasteiger partial charge >= 0.3 is 11.9 Å². The molecule has 2 rings (SSSR count). The third-order valence-corrected chi connectivity index (χ3v) is 4.70. The summed E-state index contributed by atoms with van der Waals surface area (Å²) >= 11 is 0. The Morgan fingerprint density at radius 1 is 1.35 bits per heavy atom. The number of hydrogen-bond acceptors (Lipinski definition) is 4. The molecule has 0 spiro atoms. The lowest BCUT2D eigenvalue weighted by molar-refractivity contribution is -0.164. The molecule has 0 N–H and O–H groups in total. The van der Waals surface area contributed by atoms with Crippen molar-refractivity contribution in [3.05, 3.63) is 0 Å². The van der Waals surface area contributed by atoms with E-state index in [1.54, 1.807) is 0 Å². The maximum Gasteiger partial charge on any atom is 0.348 e. The molecule has 0 bridgehead atoms. The monoisotopic (exact) mass is 282 g/mol. The summed E-state index contributed by atoms with van der Waals surface area (Å²) in [6.07, 6.45) is 5.95. The second-order valence-corrected chi connectivity index (χ2v) is 7.05. The minimum atomic E-state index is -0.742. The summed E-state index contributed by atoms with van der Waals surface area (Å²) in [4.78, 5) is 23.7. The Hall–Kier alpha value is -1.06. The molecular formula is C16H26O4. The van der Waals surface area contributed by atoms with Crippen LogP contribution in [0.3, 0.4) is 0 Å². The third kappa shape index (κ3) is 3.53. The van der Waals surface area contributed by atoms with Gasteiger partial charge in [0.25, 0.3) is 0 Å². The van der Waals surface area contributed by atoms with Crippen molar-refractivity contribution in [1.82, 2.24) is 0 Å². The SMILES string of the molecule is C[C@H](CC(=O)O[C@H]1C(=O)OCC1(C)C)C1CCCCC1. The number of carbonyl (C=O) groups excluding carboxylic acids is 2. The van der Waals surface area contributed by atoms with Crippen LogP contribution >= 0.6 is 0 Å². The molecule has 2 atom stereocenters. The molecular weight excluding hydrogens is 256 g/mol. The second-order valence-electron chi connectivity index (χ2n) is 7.05. The first-order valence-corrected chi connectivity index (χ1v) is 7.76. The smallest absolute Gasteiger partial charge is 0.348 e. The van der Waals surface area contributed by atoms with Gasteiger partial charge in [0.15, 0.2) is 0 Å². The van der Waals surface area contributed by atoms with Crippen molar-refractivity contribution < 1.29 is 19.1 Å². The van der Waals surface area contributed by atoms with Crippen molar-refractivity contribution in [1.29, 1.82) is 0 Å². The number of rotatable bonds is 4. The summed E-state index contributed by atoms with van der Waals surface area (Å²) in [5.74, 6) is 0.289. The van der Waals surface area contributed by atoms with Crippen molar-refractivity contribution in [2.24, 2.45) is 17.3 Å². The highest BCUT2D eigenvalue weighted by atomic mass is 16.6. The van der Waals surface area contributed by atoms with Crippen LogP contribution in [0.1, 0.15) is 59.3 Å². The summed E-state index contributed by atoms with van der Waals surface area (Å²) in [6, 6.07) is 0. The van der Waals surface area contributed by atoms with E-state index < -0.39 is 17.5 Å². The van der Waals surface area contributed by atoms with E-state index in [1.165, 1.54) is 32.1 Å². The number of carbonyl (C=O) groups is 2. The number of hydrogen-bond donors (Lipinski definition) is 0. The van der Waals surface area contributed by atoms with Crippen LogP contribution in [0.25, 0.3) is 0 Å². The molecule has 2 fully saturated rings. The van der Waals surface area contributed by atoms with E-state index in [0.717, 1.165) is 0 Å². The number of esters is 2. The molecule has 1 saturated carbocycles. The summed E-state index contributed by atoms with van der Waals surface area (Å²) in [7, 11) is 0. The van der Waals surface area contributed by atoms with Gasteiger partial charge in [-0.05, 0) is 11.8 Å². The first-order valence-electron chi connectivity index (χ1n) is 7.76. The Kier molecular flexibility index (Phi) is 4.71. The topological polar surface area (TPSA) is 52.6 Å². The van der Waals surface area contributed by atoms with Crippen molar-refractivity contribution in [2.75, 3.05) is 6.61 Å². The molecule has 1 saturated heterocycles. The molecule has 0 aromatic rings. The average molecular weight is 282 g/mol. The van der Waals surface area contributed by atoms with E-state index in [1.807, 2.05) is 13.8 Å². The van der Waals surface area contributed by atoms with Gasteiger partial charge in [-0.2, -0.15) is 0 Å². The largest absolute Gasteiger partial charge is 0.462 e. The van der Waals surface area contributed by atoms with E-state index >= 15 is 0 Å². The minimum Gasteiger partial charge on any atom is -0.462 e. The molecule has 0 radical (unpaired) electrons. The lowest BCUT2D eigenvalue weighted by atomic mass is 9.79. The van der Waals surface area contributed by atoms with Crippen LogP contribution in [0.5, 0.6) is 0 Å². The van der Waals surface area contributed by atoms with Crippen LogP contribution in [0.15, 0.2) is 0 Å².